The van der Waals surface area contributed by atoms with E-state index in [1.54, 1.807) is 0 Å². The molecule has 4 nitrogen and oxygen atoms in total. The summed E-state index contributed by atoms with van der Waals surface area (Å²) in [4.78, 5) is 12.7. The van der Waals surface area contributed by atoms with E-state index in [4.69, 9.17) is 4.42 Å². The Morgan fingerprint density at radius 2 is 2.08 bits per heavy atom. The zero-order valence-corrected chi connectivity index (χ0v) is 14.8. The first kappa shape index (κ1) is 16.8. The molecule has 1 aromatic heterocycles. The Morgan fingerprint density at radius 1 is 1.38 bits per heavy atom. The molecule has 24 heavy (non-hydrogen) atoms. The van der Waals surface area contributed by atoms with Gasteiger partial charge in [0.05, 0.1) is 6.10 Å². The average molecular weight is 327 g/mol. The molecule has 0 saturated carbocycles. The molecule has 0 saturated heterocycles. The number of nitrogens with one attached hydrogen (secondary N) is 1. The third-order valence-corrected chi connectivity index (χ3v) is 4.84. The van der Waals surface area contributed by atoms with Crippen molar-refractivity contribution >= 4 is 11.6 Å². The van der Waals surface area contributed by atoms with E-state index < -0.39 is 6.10 Å². The molecule has 1 aliphatic rings. The van der Waals surface area contributed by atoms with Gasteiger partial charge in [0.2, 0.25) is 0 Å². The minimum Gasteiger partial charge on any atom is -0.455 e. The van der Waals surface area contributed by atoms with Gasteiger partial charge in [0.15, 0.2) is 5.76 Å². The molecule has 4 heteroatoms. The van der Waals surface area contributed by atoms with Crippen LogP contribution in [0.1, 0.15) is 66.3 Å². The number of benzene rings is 1. The van der Waals surface area contributed by atoms with Gasteiger partial charge >= 0.3 is 0 Å². The third kappa shape index (κ3) is 2.98. The van der Waals surface area contributed by atoms with Crippen LogP contribution in [-0.2, 0) is 12.8 Å². The number of hydrogen-bond donors (Lipinski definition) is 2. The average Bonchev–Trinajstić information content (AvgIpc) is 2.83. The number of para-hydroxylation sites is 1. The van der Waals surface area contributed by atoms with Crippen LogP contribution in [0.25, 0.3) is 0 Å². The van der Waals surface area contributed by atoms with Crippen LogP contribution in [0.2, 0.25) is 0 Å². The van der Waals surface area contributed by atoms with Gasteiger partial charge in [-0.3, -0.25) is 4.79 Å². The number of aliphatic hydroxyl groups excluding tert-OH is 1. The lowest BCUT2D eigenvalue weighted by Crippen LogP contribution is -2.24. The molecule has 2 aromatic rings. The monoisotopic (exact) mass is 327 g/mol. The van der Waals surface area contributed by atoms with Crippen molar-refractivity contribution in [1.82, 2.24) is 0 Å². The number of aryl methyl sites for hydroxylation is 1. The molecule has 1 atom stereocenters. The largest absolute Gasteiger partial charge is 0.455 e. The lowest BCUT2D eigenvalue weighted by molar-refractivity contribution is 0.0910. The molecule has 0 spiro atoms. The van der Waals surface area contributed by atoms with E-state index in [0.29, 0.717) is 12.2 Å². The van der Waals surface area contributed by atoms with Crippen molar-refractivity contribution in [3.8, 4) is 0 Å². The second-order valence-corrected chi connectivity index (χ2v) is 7.42. The van der Waals surface area contributed by atoms with Gasteiger partial charge in [-0.1, -0.05) is 39.0 Å². The Kier molecular flexibility index (Phi) is 4.26. The minimum atomic E-state index is -0.572. The highest BCUT2D eigenvalue weighted by Gasteiger charge is 2.37. The quantitative estimate of drug-likeness (QED) is 0.878. The first-order chi connectivity index (χ1) is 11.3. The summed E-state index contributed by atoms with van der Waals surface area (Å²) in [7, 11) is 0. The molecule has 1 heterocycles. The van der Waals surface area contributed by atoms with Gasteiger partial charge in [0.1, 0.15) is 5.76 Å². The first-order valence-electron chi connectivity index (χ1n) is 8.52. The molecular weight excluding hydrogens is 302 g/mol. The summed E-state index contributed by atoms with van der Waals surface area (Å²) in [5, 5.41) is 13.4. The predicted octanol–water partition coefficient (Wildman–Crippen LogP) is 4.41. The first-order valence-corrected chi connectivity index (χ1v) is 8.52. The zero-order chi connectivity index (χ0) is 17.5. The highest BCUT2D eigenvalue weighted by atomic mass is 16.4. The fraction of sp³-hybridized carbons (Fsp3) is 0.450. The lowest BCUT2D eigenvalue weighted by Gasteiger charge is -2.31. The number of anilines is 1. The lowest BCUT2D eigenvalue weighted by atomic mass is 9.75. The normalized spacial score (nSPS) is 19.0. The highest BCUT2D eigenvalue weighted by Crippen LogP contribution is 2.44. The van der Waals surface area contributed by atoms with E-state index >= 15 is 0 Å². The van der Waals surface area contributed by atoms with E-state index in [9.17, 15) is 9.90 Å². The maximum absolute atomic E-state index is 12.7. The summed E-state index contributed by atoms with van der Waals surface area (Å²) in [6, 6.07) is 7.76. The Bertz CT molecular complexity index is 773. The minimum absolute atomic E-state index is 0.0285. The topological polar surface area (TPSA) is 62.5 Å². The Labute approximate surface area is 142 Å². The smallest absolute Gasteiger partial charge is 0.291 e. The fourth-order valence-electron chi connectivity index (χ4n) is 3.63. The summed E-state index contributed by atoms with van der Waals surface area (Å²) in [5.41, 5.74) is 3.41. The van der Waals surface area contributed by atoms with Crippen LogP contribution in [0.5, 0.6) is 0 Å². The van der Waals surface area contributed by atoms with Crippen LogP contribution in [0.15, 0.2) is 28.7 Å². The van der Waals surface area contributed by atoms with Gasteiger partial charge in [-0.25, -0.2) is 0 Å². The summed E-state index contributed by atoms with van der Waals surface area (Å²) in [6.07, 6.45) is 1.69. The number of carbonyl (C=O) groups is 1. The van der Waals surface area contributed by atoms with Gasteiger partial charge in [-0.05, 0) is 36.8 Å². The number of hydrogen-bond acceptors (Lipinski definition) is 3. The number of carbonyl (C=O) groups excluding carboxylic acids is 1. The second-order valence-electron chi connectivity index (χ2n) is 7.42. The SMILES string of the molecule is CCc1ccccc1NC(=O)c1oc2c(c1C)[C@H](O)CC(C)(C)C2. The zero-order valence-electron chi connectivity index (χ0n) is 14.8. The summed E-state index contributed by atoms with van der Waals surface area (Å²) < 4.78 is 5.88. The van der Waals surface area contributed by atoms with E-state index in [0.717, 1.165) is 41.0 Å². The van der Waals surface area contributed by atoms with Gasteiger partial charge in [-0.2, -0.15) is 0 Å². The summed E-state index contributed by atoms with van der Waals surface area (Å²) in [5.74, 6) is 0.792. The van der Waals surface area contributed by atoms with Gasteiger partial charge in [0, 0.05) is 23.2 Å². The molecule has 0 bridgehead atoms. The molecule has 3 rings (SSSR count). The predicted molar refractivity (Wildman–Crippen MR) is 94.3 cm³/mol. The van der Waals surface area contributed by atoms with E-state index in [1.807, 2.05) is 31.2 Å². The van der Waals surface area contributed by atoms with E-state index in [1.165, 1.54) is 0 Å². The fourth-order valence-corrected chi connectivity index (χ4v) is 3.63. The van der Waals surface area contributed by atoms with Crippen LogP contribution < -0.4 is 5.32 Å². The number of furan rings is 1. The Morgan fingerprint density at radius 3 is 2.79 bits per heavy atom. The molecule has 0 aliphatic heterocycles. The Hall–Kier alpha value is -2.07. The van der Waals surface area contributed by atoms with Crippen molar-refractivity contribution in [1.29, 1.82) is 0 Å². The van der Waals surface area contributed by atoms with E-state index in [-0.39, 0.29) is 11.3 Å². The van der Waals surface area contributed by atoms with Crippen molar-refractivity contribution in [2.45, 2.75) is 53.1 Å². The molecular formula is C20H25NO3. The molecule has 0 radical (unpaired) electrons. The van der Waals surface area contributed by atoms with Gasteiger partial charge < -0.3 is 14.8 Å². The maximum atomic E-state index is 12.7. The standard InChI is InChI=1S/C20H25NO3/c1-5-13-8-6-7-9-14(13)21-19(23)18-12(2)17-15(22)10-20(3,4)11-16(17)24-18/h6-9,15,22H,5,10-11H2,1-4H3,(H,21,23)/t15-/m1/s1. The molecule has 2 N–H and O–H groups in total. The van der Waals surface area contributed by atoms with Crippen LogP contribution in [0, 0.1) is 12.3 Å². The molecule has 0 unspecified atom stereocenters. The van der Waals surface area contributed by atoms with Gasteiger partial charge in [0.25, 0.3) is 5.91 Å². The molecule has 1 aliphatic carbocycles. The van der Waals surface area contributed by atoms with Crippen LogP contribution >= 0.6 is 0 Å². The molecule has 1 amide bonds. The van der Waals surface area contributed by atoms with Crippen LogP contribution in [0.4, 0.5) is 5.69 Å². The van der Waals surface area contributed by atoms with Crippen molar-refractivity contribution < 1.29 is 14.3 Å². The van der Waals surface area contributed by atoms with Crippen molar-refractivity contribution in [2.75, 3.05) is 5.32 Å². The van der Waals surface area contributed by atoms with Crippen LogP contribution in [0.3, 0.4) is 0 Å². The molecule has 0 fully saturated rings. The van der Waals surface area contributed by atoms with Crippen molar-refractivity contribution in [3.05, 3.63) is 52.5 Å². The molecule has 128 valence electrons. The number of fused-ring (bicyclic) bond motifs is 1. The summed E-state index contributed by atoms with van der Waals surface area (Å²) >= 11 is 0. The Balaban J connectivity index is 1.92. The number of rotatable bonds is 3. The highest BCUT2D eigenvalue weighted by molar-refractivity contribution is 6.04. The van der Waals surface area contributed by atoms with E-state index in [2.05, 4.69) is 26.1 Å². The molecule has 1 aromatic carbocycles. The van der Waals surface area contributed by atoms with Crippen molar-refractivity contribution in [2.24, 2.45) is 5.41 Å². The number of amides is 1. The number of aliphatic hydroxyl groups is 1. The van der Waals surface area contributed by atoms with Crippen molar-refractivity contribution in [3.63, 3.8) is 0 Å². The van der Waals surface area contributed by atoms with Crippen LogP contribution in [-0.4, -0.2) is 11.0 Å². The third-order valence-electron chi connectivity index (χ3n) is 4.84. The van der Waals surface area contributed by atoms with Gasteiger partial charge in [-0.15, -0.1) is 0 Å². The maximum Gasteiger partial charge on any atom is 0.291 e. The summed E-state index contributed by atoms with van der Waals surface area (Å²) in [6.45, 7) is 8.12. The second kappa shape index (κ2) is 6.10.